The van der Waals surface area contributed by atoms with Gasteiger partial charge in [0.2, 0.25) is 5.89 Å². The summed E-state index contributed by atoms with van der Waals surface area (Å²) in [5.41, 5.74) is 6.36. The molecule has 0 aliphatic rings. The second-order valence-corrected chi connectivity index (χ2v) is 8.16. The van der Waals surface area contributed by atoms with Crippen LogP contribution in [0.25, 0.3) is 17.1 Å². The Morgan fingerprint density at radius 2 is 1.78 bits per heavy atom. The molecule has 0 N–H and O–H groups in total. The molecule has 2 aromatic carbocycles. The van der Waals surface area contributed by atoms with Crippen LogP contribution in [0.4, 0.5) is 0 Å². The zero-order valence-corrected chi connectivity index (χ0v) is 19.4. The lowest BCUT2D eigenvalue weighted by Crippen LogP contribution is -2.18. The van der Waals surface area contributed by atoms with Gasteiger partial charge < -0.3 is 9.15 Å². The van der Waals surface area contributed by atoms with Crippen molar-refractivity contribution in [2.45, 2.75) is 40.8 Å². The molecular formula is C26H30N4O2. The minimum atomic E-state index is 0.639. The smallest absolute Gasteiger partial charge is 0.226 e. The van der Waals surface area contributed by atoms with Crippen molar-refractivity contribution in [1.82, 2.24) is 19.7 Å². The standard InChI is InChI=1S/C26H30N4O2/c1-6-31-24-12-10-22(11-13-24)26-27-25(20(4)32-26)17-29(5)16-21-8-7-9-23(15-21)30-19(3)14-18(2)28-30/h7-15H,6,16-17H2,1-5H3. The van der Waals surface area contributed by atoms with Gasteiger partial charge in [-0.1, -0.05) is 12.1 Å². The molecule has 0 aliphatic carbocycles. The van der Waals surface area contributed by atoms with Gasteiger partial charge in [-0.2, -0.15) is 5.10 Å². The molecule has 0 amide bonds. The highest BCUT2D eigenvalue weighted by atomic mass is 16.5. The van der Waals surface area contributed by atoms with E-state index in [4.69, 9.17) is 14.1 Å². The Hall–Kier alpha value is -3.38. The molecule has 0 aliphatic heterocycles. The zero-order chi connectivity index (χ0) is 22.7. The van der Waals surface area contributed by atoms with Crippen molar-refractivity contribution in [2.24, 2.45) is 0 Å². The zero-order valence-electron chi connectivity index (χ0n) is 19.4. The van der Waals surface area contributed by atoms with Crippen LogP contribution in [0.5, 0.6) is 5.75 Å². The van der Waals surface area contributed by atoms with E-state index in [9.17, 15) is 0 Å². The van der Waals surface area contributed by atoms with E-state index in [1.807, 2.05) is 49.7 Å². The third-order valence-corrected chi connectivity index (χ3v) is 5.34. The van der Waals surface area contributed by atoms with Crippen molar-refractivity contribution in [3.8, 4) is 22.9 Å². The fourth-order valence-corrected chi connectivity index (χ4v) is 3.86. The van der Waals surface area contributed by atoms with Crippen LogP contribution in [0.3, 0.4) is 0 Å². The average Bonchev–Trinajstić information content (AvgIpc) is 3.30. The fourth-order valence-electron chi connectivity index (χ4n) is 3.86. The van der Waals surface area contributed by atoms with Gasteiger partial charge >= 0.3 is 0 Å². The number of rotatable bonds is 8. The van der Waals surface area contributed by atoms with E-state index in [1.165, 1.54) is 5.56 Å². The molecule has 0 saturated carbocycles. The minimum absolute atomic E-state index is 0.639. The van der Waals surface area contributed by atoms with Gasteiger partial charge in [-0.25, -0.2) is 9.67 Å². The Bertz CT molecular complexity index is 1190. The van der Waals surface area contributed by atoms with E-state index in [-0.39, 0.29) is 0 Å². The predicted molar refractivity (Wildman–Crippen MR) is 126 cm³/mol. The van der Waals surface area contributed by atoms with Crippen LogP contribution < -0.4 is 4.74 Å². The molecule has 6 heteroatoms. The maximum Gasteiger partial charge on any atom is 0.226 e. The van der Waals surface area contributed by atoms with Crippen molar-refractivity contribution in [3.05, 3.63) is 83.0 Å². The summed E-state index contributed by atoms with van der Waals surface area (Å²) in [5, 5.41) is 4.60. The number of aromatic nitrogens is 3. The molecule has 0 atom stereocenters. The third kappa shape index (κ3) is 4.92. The lowest BCUT2D eigenvalue weighted by atomic mass is 10.2. The molecule has 166 valence electrons. The first-order valence-electron chi connectivity index (χ1n) is 10.9. The predicted octanol–water partition coefficient (Wildman–Crippen LogP) is 5.48. The van der Waals surface area contributed by atoms with Gasteiger partial charge in [0, 0.05) is 24.3 Å². The molecule has 4 rings (SSSR count). The van der Waals surface area contributed by atoms with Crippen LogP contribution in [0.2, 0.25) is 0 Å². The molecule has 0 fully saturated rings. The molecule has 0 saturated heterocycles. The van der Waals surface area contributed by atoms with Crippen molar-refractivity contribution in [1.29, 1.82) is 0 Å². The van der Waals surface area contributed by atoms with Gasteiger partial charge in [-0.05, 0) is 82.8 Å². The molecule has 0 bridgehead atoms. The summed E-state index contributed by atoms with van der Waals surface area (Å²) in [6.07, 6.45) is 0. The van der Waals surface area contributed by atoms with E-state index in [2.05, 4.69) is 54.3 Å². The first-order chi connectivity index (χ1) is 15.4. The van der Waals surface area contributed by atoms with Crippen LogP contribution in [0, 0.1) is 20.8 Å². The fraction of sp³-hybridized carbons (Fsp3) is 0.308. The molecule has 6 nitrogen and oxygen atoms in total. The van der Waals surface area contributed by atoms with E-state index in [0.29, 0.717) is 19.0 Å². The lowest BCUT2D eigenvalue weighted by molar-refractivity contribution is 0.313. The number of hydrogen-bond donors (Lipinski definition) is 0. The number of benzene rings is 2. The molecule has 2 heterocycles. The second-order valence-electron chi connectivity index (χ2n) is 8.16. The SMILES string of the molecule is CCOc1ccc(-c2nc(CN(C)Cc3cccc(-n4nc(C)cc4C)c3)c(C)o2)cc1. The van der Waals surface area contributed by atoms with Crippen LogP contribution in [-0.2, 0) is 13.1 Å². The molecular weight excluding hydrogens is 400 g/mol. The van der Waals surface area contributed by atoms with Gasteiger partial charge in [0.25, 0.3) is 0 Å². The maximum atomic E-state index is 5.95. The molecule has 4 aromatic rings. The Balaban J connectivity index is 1.45. The normalized spacial score (nSPS) is 11.3. The van der Waals surface area contributed by atoms with E-state index < -0.39 is 0 Å². The topological polar surface area (TPSA) is 56.3 Å². The summed E-state index contributed by atoms with van der Waals surface area (Å²) in [6.45, 7) is 10.2. The van der Waals surface area contributed by atoms with Crippen molar-refractivity contribution in [2.75, 3.05) is 13.7 Å². The van der Waals surface area contributed by atoms with Crippen molar-refractivity contribution in [3.63, 3.8) is 0 Å². The van der Waals surface area contributed by atoms with E-state index in [0.717, 1.165) is 46.4 Å². The van der Waals surface area contributed by atoms with Crippen LogP contribution in [0.1, 0.15) is 35.3 Å². The van der Waals surface area contributed by atoms with Crippen molar-refractivity contribution >= 4 is 0 Å². The van der Waals surface area contributed by atoms with Gasteiger partial charge in [0.1, 0.15) is 11.5 Å². The van der Waals surface area contributed by atoms with E-state index in [1.54, 1.807) is 0 Å². The van der Waals surface area contributed by atoms with Gasteiger partial charge in [-0.15, -0.1) is 0 Å². The number of aryl methyl sites for hydroxylation is 3. The quantitative estimate of drug-likeness (QED) is 0.370. The Kier molecular flexibility index (Phi) is 6.42. The summed E-state index contributed by atoms with van der Waals surface area (Å²) in [5.74, 6) is 2.33. The van der Waals surface area contributed by atoms with Crippen LogP contribution >= 0.6 is 0 Å². The summed E-state index contributed by atoms with van der Waals surface area (Å²) in [6, 6.07) is 18.5. The first-order valence-corrected chi connectivity index (χ1v) is 10.9. The number of ether oxygens (including phenoxy) is 1. The highest BCUT2D eigenvalue weighted by molar-refractivity contribution is 5.55. The Morgan fingerprint density at radius 3 is 2.47 bits per heavy atom. The van der Waals surface area contributed by atoms with E-state index >= 15 is 0 Å². The lowest BCUT2D eigenvalue weighted by Gasteiger charge is -2.16. The molecule has 0 unspecified atom stereocenters. The molecule has 32 heavy (non-hydrogen) atoms. The minimum Gasteiger partial charge on any atom is -0.494 e. The van der Waals surface area contributed by atoms with Crippen LogP contribution in [0.15, 0.2) is 59.0 Å². The van der Waals surface area contributed by atoms with Gasteiger partial charge in [-0.3, -0.25) is 4.90 Å². The molecule has 0 spiro atoms. The highest BCUT2D eigenvalue weighted by Crippen LogP contribution is 2.25. The number of oxazole rings is 1. The van der Waals surface area contributed by atoms with Crippen LogP contribution in [-0.4, -0.2) is 33.3 Å². The summed E-state index contributed by atoms with van der Waals surface area (Å²) < 4.78 is 13.5. The largest absolute Gasteiger partial charge is 0.494 e. The van der Waals surface area contributed by atoms with Gasteiger partial charge in [0.15, 0.2) is 0 Å². The Labute approximate surface area is 189 Å². The van der Waals surface area contributed by atoms with Gasteiger partial charge in [0.05, 0.1) is 23.7 Å². The molecule has 2 aromatic heterocycles. The average molecular weight is 431 g/mol. The summed E-state index contributed by atoms with van der Waals surface area (Å²) in [7, 11) is 2.10. The first kappa shape index (κ1) is 21.8. The highest BCUT2D eigenvalue weighted by Gasteiger charge is 2.14. The maximum absolute atomic E-state index is 5.95. The number of nitrogens with zero attached hydrogens (tertiary/aromatic N) is 4. The Morgan fingerprint density at radius 1 is 1.00 bits per heavy atom. The number of hydrogen-bond acceptors (Lipinski definition) is 5. The third-order valence-electron chi connectivity index (χ3n) is 5.34. The van der Waals surface area contributed by atoms with Crippen molar-refractivity contribution < 1.29 is 9.15 Å². The summed E-state index contributed by atoms with van der Waals surface area (Å²) in [4.78, 5) is 7.00. The molecule has 0 radical (unpaired) electrons. The summed E-state index contributed by atoms with van der Waals surface area (Å²) >= 11 is 0. The second kappa shape index (κ2) is 9.40. The monoisotopic (exact) mass is 430 g/mol.